The molecule has 0 fully saturated rings. The molecule has 22 heavy (non-hydrogen) atoms. The first kappa shape index (κ1) is 16.5. The second-order valence-corrected chi connectivity index (χ2v) is 5.57. The van der Waals surface area contributed by atoms with E-state index in [2.05, 4.69) is 25.1 Å². The fraction of sp³-hybridized carbons (Fsp3) is 0.300. The zero-order valence-corrected chi connectivity index (χ0v) is 13.1. The molecule has 1 N–H and O–H groups in total. The molecule has 2 atom stereocenters. The molecule has 0 aliphatic rings. The molecule has 2 aromatic carbocycles. The van der Waals surface area contributed by atoms with Gasteiger partial charge in [0.05, 0.1) is 19.3 Å². The van der Waals surface area contributed by atoms with Crippen LogP contribution in [0.5, 0.6) is 0 Å². The lowest BCUT2D eigenvalue weighted by molar-refractivity contribution is 0.104. The number of benzene rings is 2. The topological polar surface area (TPSA) is 29.5 Å². The Morgan fingerprint density at radius 3 is 2.32 bits per heavy atom. The molecule has 116 valence electrons. The molecular weight excluding hydrogens is 272 g/mol. The Kier molecular flexibility index (Phi) is 6.88. The van der Waals surface area contributed by atoms with Crippen molar-refractivity contribution in [2.75, 3.05) is 6.61 Å². The van der Waals surface area contributed by atoms with Crippen LogP contribution in [-0.4, -0.2) is 11.7 Å². The maximum absolute atomic E-state index is 10.1. The van der Waals surface area contributed by atoms with Crippen molar-refractivity contribution >= 4 is 0 Å². The lowest BCUT2D eigenvalue weighted by Gasteiger charge is -2.10. The Morgan fingerprint density at radius 2 is 1.64 bits per heavy atom. The van der Waals surface area contributed by atoms with Gasteiger partial charge in [-0.2, -0.15) is 0 Å². The van der Waals surface area contributed by atoms with Crippen LogP contribution in [0.4, 0.5) is 0 Å². The van der Waals surface area contributed by atoms with Crippen molar-refractivity contribution in [2.24, 2.45) is 5.92 Å². The summed E-state index contributed by atoms with van der Waals surface area (Å²) in [7, 11) is 0. The van der Waals surface area contributed by atoms with Crippen LogP contribution < -0.4 is 0 Å². The van der Waals surface area contributed by atoms with Gasteiger partial charge in [0.15, 0.2) is 0 Å². The van der Waals surface area contributed by atoms with Crippen LogP contribution in [0.25, 0.3) is 0 Å². The van der Waals surface area contributed by atoms with E-state index < -0.39 is 6.10 Å². The summed E-state index contributed by atoms with van der Waals surface area (Å²) in [4.78, 5) is 0. The third-order valence-electron chi connectivity index (χ3n) is 3.50. The largest absolute Gasteiger partial charge is 0.388 e. The van der Waals surface area contributed by atoms with Gasteiger partial charge in [0.2, 0.25) is 0 Å². The molecular formula is C20H24O2. The van der Waals surface area contributed by atoms with E-state index >= 15 is 0 Å². The molecule has 2 aromatic rings. The normalized spacial score (nSPS) is 14.1. The van der Waals surface area contributed by atoms with Gasteiger partial charge in [0.25, 0.3) is 0 Å². The minimum atomic E-state index is -0.435. The summed E-state index contributed by atoms with van der Waals surface area (Å²) in [6.07, 6.45) is 4.34. The summed E-state index contributed by atoms with van der Waals surface area (Å²) in [6.45, 7) is 3.45. The average Bonchev–Trinajstić information content (AvgIpc) is 2.56. The first-order chi connectivity index (χ1) is 10.8. The van der Waals surface area contributed by atoms with Crippen molar-refractivity contribution in [1.29, 1.82) is 0 Å². The minimum absolute atomic E-state index is 0.340. The van der Waals surface area contributed by atoms with Gasteiger partial charge >= 0.3 is 0 Å². The van der Waals surface area contributed by atoms with Crippen LogP contribution in [0, 0.1) is 5.92 Å². The number of hydrogen-bond donors (Lipinski definition) is 1. The van der Waals surface area contributed by atoms with Crippen LogP contribution in [0.15, 0.2) is 72.8 Å². The highest BCUT2D eigenvalue weighted by Gasteiger charge is 2.04. The average molecular weight is 296 g/mol. The van der Waals surface area contributed by atoms with E-state index in [9.17, 15) is 5.11 Å². The van der Waals surface area contributed by atoms with Gasteiger partial charge in [-0.1, -0.05) is 79.7 Å². The second-order valence-electron chi connectivity index (χ2n) is 5.57. The van der Waals surface area contributed by atoms with Crippen LogP contribution in [0.3, 0.4) is 0 Å². The summed E-state index contributed by atoms with van der Waals surface area (Å²) in [6, 6.07) is 19.9. The number of ether oxygens (including phenoxy) is 1. The monoisotopic (exact) mass is 296 g/mol. The number of hydrogen-bond acceptors (Lipinski definition) is 2. The molecule has 0 bridgehead atoms. The molecule has 0 radical (unpaired) electrons. The van der Waals surface area contributed by atoms with Gasteiger partial charge in [-0.05, 0) is 23.5 Å². The van der Waals surface area contributed by atoms with Crippen molar-refractivity contribution < 1.29 is 9.84 Å². The molecule has 0 saturated heterocycles. The van der Waals surface area contributed by atoms with Crippen LogP contribution >= 0.6 is 0 Å². The van der Waals surface area contributed by atoms with E-state index in [1.165, 1.54) is 5.56 Å². The third-order valence-corrected chi connectivity index (χ3v) is 3.50. The molecule has 0 amide bonds. The zero-order chi connectivity index (χ0) is 15.6. The van der Waals surface area contributed by atoms with Gasteiger partial charge < -0.3 is 9.84 Å². The first-order valence-corrected chi connectivity index (χ1v) is 7.77. The van der Waals surface area contributed by atoms with Crippen LogP contribution in [0.1, 0.15) is 30.6 Å². The summed E-state index contributed by atoms with van der Waals surface area (Å²) in [5.41, 5.74) is 2.15. The SMILES string of the molecule is C[C@H](/C=C\C[C@H](O)c1ccccc1)COCc1ccccc1. The molecule has 0 heterocycles. The maximum Gasteiger partial charge on any atom is 0.0824 e. The van der Waals surface area contributed by atoms with E-state index in [4.69, 9.17) is 4.74 Å². The highest BCUT2D eigenvalue weighted by atomic mass is 16.5. The van der Waals surface area contributed by atoms with Crippen molar-refractivity contribution in [1.82, 2.24) is 0 Å². The quantitative estimate of drug-likeness (QED) is 0.726. The van der Waals surface area contributed by atoms with E-state index in [1.807, 2.05) is 54.6 Å². The fourth-order valence-corrected chi connectivity index (χ4v) is 2.24. The molecule has 0 aromatic heterocycles. The Morgan fingerprint density at radius 1 is 1.00 bits per heavy atom. The summed E-state index contributed by atoms with van der Waals surface area (Å²) >= 11 is 0. The van der Waals surface area contributed by atoms with E-state index in [0.29, 0.717) is 25.6 Å². The molecule has 2 nitrogen and oxygen atoms in total. The van der Waals surface area contributed by atoms with Gasteiger partial charge in [-0.15, -0.1) is 0 Å². The van der Waals surface area contributed by atoms with Crippen LogP contribution in [0.2, 0.25) is 0 Å². The summed E-state index contributed by atoms with van der Waals surface area (Å²) in [5.74, 6) is 0.340. The standard InChI is InChI=1S/C20H24O2/c1-17(15-22-16-18-10-4-2-5-11-18)9-8-14-20(21)19-12-6-3-7-13-19/h2-13,17,20-21H,14-16H2,1H3/b9-8-/t17-,20+/m1/s1. The second kappa shape index (κ2) is 9.19. The molecule has 2 rings (SSSR count). The van der Waals surface area contributed by atoms with Gasteiger partial charge in [0, 0.05) is 0 Å². The molecule has 0 spiro atoms. The highest BCUT2D eigenvalue weighted by molar-refractivity contribution is 5.18. The summed E-state index contributed by atoms with van der Waals surface area (Å²) < 4.78 is 5.71. The Labute approximate surface area is 133 Å². The predicted octanol–water partition coefficient (Wildman–Crippen LogP) is 4.52. The van der Waals surface area contributed by atoms with E-state index in [1.54, 1.807) is 0 Å². The minimum Gasteiger partial charge on any atom is -0.388 e. The molecule has 0 unspecified atom stereocenters. The summed E-state index contributed by atoms with van der Waals surface area (Å²) in [5, 5.41) is 10.1. The molecule has 0 aliphatic carbocycles. The van der Waals surface area contributed by atoms with Gasteiger partial charge in [0.1, 0.15) is 0 Å². The number of aliphatic hydroxyl groups is 1. The lowest BCUT2D eigenvalue weighted by atomic mass is 10.1. The van der Waals surface area contributed by atoms with Crippen molar-refractivity contribution in [3.63, 3.8) is 0 Å². The maximum atomic E-state index is 10.1. The van der Waals surface area contributed by atoms with Crippen molar-refractivity contribution in [2.45, 2.75) is 26.1 Å². The van der Waals surface area contributed by atoms with E-state index in [-0.39, 0.29) is 0 Å². The lowest BCUT2D eigenvalue weighted by Crippen LogP contribution is -2.03. The predicted molar refractivity (Wildman–Crippen MR) is 90.4 cm³/mol. The molecule has 0 aliphatic heterocycles. The highest BCUT2D eigenvalue weighted by Crippen LogP contribution is 2.16. The molecule has 0 saturated carbocycles. The number of aliphatic hydroxyl groups excluding tert-OH is 1. The van der Waals surface area contributed by atoms with Crippen molar-refractivity contribution in [3.05, 3.63) is 83.9 Å². The third kappa shape index (κ3) is 5.84. The van der Waals surface area contributed by atoms with Gasteiger partial charge in [-0.3, -0.25) is 0 Å². The van der Waals surface area contributed by atoms with Gasteiger partial charge in [-0.25, -0.2) is 0 Å². The number of rotatable bonds is 8. The fourth-order valence-electron chi connectivity index (χ4n) is 2.24. The van der Waals surface area contributed by atoms with Crippen molar-refractivity contribution in [3.8, 4) is 0 Å². The Hall–Kier alpha value is -1.90. The smallest absolute Gasteiger partial charge is 0.0824 e. The Balaban J connectivity index is 1.67. The zero-order valence-electron chi connectivity index (χ0n) is 13.1. The first-order valence-electron chi connectivity index (χ1n) is 7.77. The van der Waals surface area contributed by atoms with E-state index in [0.717, 1.165) is 5.56 Å². The Bertz CT molecular complexity index is 548. The molecule has 2 heteroatoms. The van der Waals surface area contributed by atoms with Crippen LogP contribution in [-0.2, 0) is 11.3 Å².